The monoisotopic (exact) mass is 659 g/mol. The molecule has 3 aromatic carbocycles. The average molecular weight is 661 g/mol. The van der Waals surface area contributed by atoms with Gasteiger partial charge in [-0.2, -0.15) is 0 Å². The van der Waals surface area contributed by atoms with Crippen molar-refractivity contribution in [2.45, 2.75) is 54.4 Å². The average Bonchev–Trinajstić information content (AvgIpc) is 3.42. The first-order valence-electron chi connectivity index (χ1n) is 14.6. The summed E-state index contributed by atoms with van der Waals surface area (Å²) < 4.78 is 47.7. The molecule has 44 heavy (non-hydrogen) atoms. The first-order chi connectivity index (χ1) is 21.0. The van der Waals surface area contributed by atoms with E-state index < -0.39 is 32.5 Å². The molecular weight excluding hydrogens is 628 g/mol. The van der Waals surface area contributed by atoms with Crippen LogP contribution in [0.3, 0.4) is 0 Å². The number of nitrogens with two attached hydrogens (primary N) is 1. The number of aryl methyl sites for hydroxylation is 1. The summed E-state index contributed by atoms with van der Waals surface area (Å²) >= 11 is 12.6. The molecule has 2 aliphatic heterocycles. The fraction of sp³-hybridized carbons (Fsp3) is 0.375. The van der Waals surface area contributed by atoms with Crippen LogP contribution in [-0.2, 0) is 32.4 Å². The van der Waals surface area contributed by atoms with Gasteiger partial charge < -0.3 is 20.3 Å². The number of fused-ring (bicyclic) bond motifs is 3. The zero-order chi connectivity index (χ0) is 31.2. The number of hydrogen-bond acceptors (Lipinski definition) is 5. The summed E-state index contributed by atoms with van der Waals surface area (Å²) in [4.78, 5) is 28.8. The number of nitrogens with zero attached hydrogens (tertiary/aromatic N) is 2. The number of likely N-dealkylation sites (tertiary alicyclic amines) is 2. The molecule has 2 atom stereocenters. The highest BCUT2D eigenvalue weighted by Gasteiger charge is 2.61. The molecule has 3 aliphatic rings. The molecule has 3 amide bonds. The molecule has 0 spiro atoms. The molecule has 2 heterocycles. The van der Waals surface area contributed by atoms with Gasteiger partial charge in [0.05, 0.1) is 10.9 Å². The molecule has 1 aliphatic carbocycles. The van der Waals surface area contributed by atoms with E-state index in [2.05, 4.69) is 0 Å². The highest BCUT2D eigenvalue weighted by Crippen LogP contribution is 2.53. The molecule has 3 aromatic rings. The van der Waals surface area contributed by atoms with E-state index >= 15 is 0 Å². The van der Waals surface area contributed by atoms with Gasteiger partial charge in [0.2, 0.25) is 5.91 Å². The van der Waals surface area contributed by atoms with Crippen molar-refractivity contribution in [3.8, 4) is 5.75 Å². The third kappa shape index (κ3) is 5.20. The van der Waals surface area contributed by atoms with Gasteiger partial charge in [0.25, 0.3) is 0 Å². The largest absolute Gasteiger partial charge is 0.489 e. The van der Waals surface area contributed by atoms with Crippen molar-refractivity contribution in [2.24, 2.45) is 11.7 Å². The summed E-state index contributed by atoms with van der Waals surface area (Å²) in [5.41, 5.74) is 7.52. The third-order valence-electron chi connectivity index (χ3n) is 9.35. The Morgan fingerprint density at radius 3 is 2.32 bits per heavy atom. The van der Waals surface area contributed by atoms with Crippen molar-refractivity contribution in [3.63, 3.8) is 0 Å². The van der Waals surface area contributed by atoms with E-state index in [1.165, 1.54) is 17.0 Å². The zero-order valence-electron chi connectivity index (χ0n) is 23.8. The summed E-state index contributed by atoms with van der Waals surface area (Å²) in [6.45, 7) is 1.17. The Morgan fingerprint density at radius 2 is 1.66 bits per heavy atom. The summed E-state index contributed by atoms with van der Waals surface area (Å²) in [5.74, 6) is -0.424. The second kappa shape index (κ2) is 11.9. The van der Waals surface area contributed by atoms with E-state index in [0.717, 1.165) is 17.7 Å². The number of halogens is 3. The van der Waals surface area contributed by atoms with Gasteiger partial charge in [0.15, 0.2) is 9.84 Å². The van der Waals surface area contributed by atoms with Crippen LogP contribution in [0.15, 0.2) is 65.6 Å². The molecule has 6 rings (SSSR count). The fourth-order valence-electron chi connectivity index (χ4n) is 7.09. The predicted molar refractivity (Wildman–Crippen MR) is 165 cm³/mol. The summed E-state index contributed by atoms with van der Waals surface area (Å²) in [7, 11) is -4.09. The second-order valence-electron chi connectivity index (χ2n) is 11.6. The molecule has 232 valence electrons. The van der Waals surface area contributed by atoms with Gasteiger partial charge in [-0.1, -0.05) is 35.3 Å². The van der Waals surface area contributed by atoms with Gasteiger partial charge in [-0.25, -0.2) is 17.6 Å². The summed E-state index contributed by atoms with van der Waals surface area (Å²) in [6.07, 6.45) is 2.10. The SMILES string of the molecule is NC(=O)N1CCC(C(=O)N2CC[C@@]3(S(=O)(=O)c4ccc(F)cc4)c4ccc(OCc5c(Cl)cccc5Cl)cc4CC[C@@H]23)CC1. The van der Waals surface area contributed by atoms with Crippen molar-refractivity contribution < 1.29 is 27.1 Å². The van der Waals surface area contributed by atoms with Gasteiger partial charge in [-0.15, -0.1) is 0 Å². The number of urea groups is 1. The number of hydrogen-bond donors (Lipinski definition) is 1. The molecule has 2 saturated heterocycles. The molecule has 0 bridgehead atoms. The lowest BCUT2D eigenvalue weighted by molar-refractivity contribution is -0.138. The van der Waals surface area contributed by atoms with E-state index in [1.54, 1.807) is 35.2 Å². The first-order valence-corrected chi connectivity index (χ1v) is 16.8. The van der Waals surface area contributed by atoms with Gasteiger partial charge >= 0.3 is 6.03 Å². The number of sulfone groups is 1. The van der Waals surface area contributed by atoms with E-state index in [4.69, 9.17) is 33.7 Å². The molecule has 0 radical (unpaired) electrons. The third-order valence-corrected chi connectivity index (χ3v) is 12.6. The number of amides is 3. The standard InChI is InChI=1S/C32H32Cl2FN3O5S/c33-27-2-1-3-28(34)25(27)19-43-23-7-10-26-21(18-23)4-11-29-32(26,44(41,42)24-8-5-22(35)6-9-24)14-17-38(29)30(39)20-12-15-37(16-13-20)31(36)40/h1-3,5-10,18,20,29H,4,11-17,19H2,(H2,36,40)/t29-,32-/m1/s1. The smallest absolute Gasteiger partial charge is 0.314 e. The van der Waals surface area contributed by atoms with Gasteiger partial charge in [-0.3, -0.25) is 4.79 Å². The number of benzene rings is 3. The van der Waals surface area contributed by atoms with Crippen molar-refractivity contribution in [1.82, 2.24) is 9.80 Å². The minimum atomic E-state index is -4.09. The second-order valence-corrected chi connectivity index (χ2v) is 14.6. The quantitative estimate of drug-likeness (QED) is 0.341. The zero-order valence-corrected chi connectivity index (χ0v) is 26.2. The maximum atomic E-state index is 14.6. The van der Waals surface area contributed by atoms with E-state index in [1.807, 2.05) is 6.07 Å². The Hall–Kier alpha value is -3.34. The van der Waals surface area contributed by atoms with E-state index in [-0.39, 0.29) is 36.3 Å². The molecule has 0 unspecified atom stereocenters. The predicted octanol–water partition coefficient (Wildman–Crippen LogP) is 5.72. The van der Waals surface area contributed by atoms with Crippen LogP contribution in [0.25, 0.3) is 0 Å². The maximum absolute atomic E-state index is 14.6. The molecule has 2 fully saturated rings. The minimum Gasteiger partial charge on any atom is -0.489 e. The Morgan fingerprint density at radius 1 is 0.977 bits per heavy atom. The topological polar surface area (TPSA) is 110 Å². The minimum absolute atomic E-state index is 0.00880. The molecule has 0 aromatic heterocycles. The number of rotatable bonds is 6. The van der Waals surface area contributed by atoms with Crippen LogP contribution in [0.4, 0.5) is 9.18 Å². The van der Waals surface area contributed by atoms with Crippen molar-refractivity contribution in [1.29, 1.82) is 0 Å². The molecule has 12 heteroatoms. The van der Waals surface area contributed by atoms with Crippen LogP contribution in [-0.4, -0.2) is 55.8 Å². The van der Waals surface area contributed by atoms with Crippen molar-refractivity contribution >= 4 is 45.0 Å². The van der Waals surface area contributed by atoms with Crippen LogP contribution >= 0.6 is 23.2 Å². The Kier molecular flexibility index (Phi) is 8.28. The van der Waals surface area contributed by atoms with Crippen LogP contribution < -0.4 is 10.5 Å². The summed E-state index contributed by atoms with van der Waals surface area (Å²) in [5, 5.41) is 0.970. The van der Waals surface area contributed by atoms with Crippen LogP contribution in [0.1, 0.15) is 42.4 Å². The maximum Gasteiger partial charge on any atom is 0.314 e. The van der Waals surface area contributed by atoms with Gasteiger partial charge in [0.1, 0.15) is 22.9 Å². The molecular formula is C32H32Cl2FN3O5S. The van der Waals surface area contributed by atoms with Crippen molar-refractivity contribution in [2.75, 3.05) is 19.6 Å². The number of carbonyl (C=O) groups is 2. The van der Waals surface area contributed by atoms with Crippen molar-refractivity contribution in [3.05, 3.63) is 93.2 Å². The fourth-order valence-corrected chi connectivity index (χ4v) is 9.96. The van der Waals surface area contributed by atoms with Gasteiger partial charge in [-0.05, 0) is 91.8 Å². The Labute approximate surface area is 265 Å². The number of ether oxygens (including phenoxy) is 1. The van der Waals surface area contributed by atoms with Gasteiger partial charge in [0, 0.05) is 41.2 Å². The molecule has 0 saturated carbocycles. The van der Waals surface area contributed by atoms with Crippen LogP contribution in [0.5, 0.6) is 5.75 Å². The Bertz CT molecular complexity index is 1690. The number of primary amides is 1. The van der Waals surface area contributed by atoms with E-state index in [9.17, 15) is 22.4 Å². The highest BCUT2D eigenvalue weighted by molar-refractivity contribution is 7.92. The lowest BCUT2D eigenvalue weighted by Gasteiger charge is -2.43. The number of piperidine rings is 1. The normalized spacial score (nSPS) is 21.9. The Balaban J connectivity index is 1.35. The summed E-state index contributed by atoms with van der Waals surface area (Å²) in [6, 6.07) is 14.3. The lowest BCUT2D eigenvalue weighted by Crippen LogP contribution is -2.54. The highest BCUT2D eigenvalue weighted by atomic mass is 35.5. The molecule has 2 N–H and O–H groups in total. The molecule has 8 nitrogen and oxygen atoms in total. The first kappa shape index (κ1) is 30.7. The lowest BCUT2D eigenvalue weighted by atomic mass is 9.78. The van der Waals surface area contributed by atoms with Crippen LogP contribution in [0, 0.1) is 11.7 Å². The van der Waals surface area contributed by atoms with Crippen LogP contribution in [0.2, 0.25) is 10.0 Å². The number of carbonyl (C=O) groups excluding carboxylic acids is 2. The van der Waals surface area contributed by atoms with E-state index in [0.29, 0.717) is 65.7 Å².